The van der Waals surface area contributed by atoms with E-state index in [4.69, 9.17) is 10.5 Å². The molecule has 0 saturated carbocycles. The SMILES string of the molecule is CCCC(C)(N)C(=O)Nc1ccc(OCC)c(S(=O)(=O)N(C)C)c1. The lowest BCUT2D eigenvalue weighted by molar-refractivity contribution is -0.120. The molecule has 1 unspecified atom stereocenters. The molecule has 0 aliphatic carbocycles. The number of nitrogens with two attached hydrogens (primary N) is 1. The summed E-state index contributed by atoms with van der Waals surface area (Å²) in [6.07, 6.45) is 1.29. The van der Waals surface area contributed by atoms with E-state index in [2.05, 4.69) is 5.32 Å². The molecule has 1 aromatic carbocycles. The molecule has 7 nitrogen and oxygen atoms in total. The summed E-state index contributed by atoms with van der Waals surface area (Å²) >= 11 is 0. The van der Waals surface area contributed by atoms with Crippen LogP contribution in [0.1, 0.15) is 33.6 Å². The summed E-state index contributed by atoms with van der Waals surface area (Å²) in [5.41, 5.74) is 5.34. The van der Waals surface area contributed by atoms with E-state index in [9.17, 15) is 13.2 Å². The summed E-state index contributed by atoms with van der Waals surface area (Å²) in [7, 11) is -0.830. The second-order valence-electron chi connectivity index (χ2n) is 6.00. The third-order valence-electron chi connectivity index (χ3n) is 3.55. The molecule has 0 aromatic heterocycles. The molecule has 1 aromatic rings. The highest BCUT2D eigenvalue weighted by atomic mass is 32.2. The normalized spacial score (nSPS) is 14.3. The van der Waals surface area contributed by atoms with Crippen molar-refractivity contribution in [2.75, 3.05) is 26.0 Å². The van der Waals surface area contributed by atoms with Crippen molar-refractivity contribution >= 4 is 21.6 Å². The van der Waals surface area contributed by atoms with E-state index in [0.29, 0.717) is 18.7 Å². The number of amides is 1. The van der Waals surface area contributed by atoms with Gasteiger partial charge in [-0.1, -0.05) is 13.3 Å². The predicted octanol–water partition coefficient (Wildman–Crippen LogP) is 1.79. The standard InChI is InChI=1S/C16H27N3O4S/c1-6-10-16(3,17)15(20)18-12-8-9-13(23-7-2)14(11-12)24(21,22)19(4)5/h8-9,11H,6-7,10,17H2,1-5H3,(H,18,20). The number of carbonyl (C=O) groups is 1. The molecule has 0 radical (unpaired) electrons. The van der Waals surface area contributed by atoms with Gasteiger partial charge >= 0.3 is 0 Å². The van der Waals surface area contributed by atoms with Crippen LogP contribution in [0.3, 0.4) is 0 Å². The van der Waals surface area contributed by atoms with E-state index in [-0.39, 0.29) is 16.6 Å². The lowest BCUT2D eigenvalue weighted by Crippen LogP contribution is -2.48. The van der Waals surface area contributed by atoms with Gasteiger partial charge < -0.3 is 15.8 Å². The van der Waals surface area contributed by atoms with Gasteiger partial charge in [-0.15, -0.1) is 0 Å². The first-order valence-electron chi connectivity index (χ1n) is 7.86. The van der Waals surface area contributed by atoms with Crippen LogP contribution in [-0.4, -0.2) is 44.9 Å². The van der Waals surface area contributed by atoms with Crippen molar-refractivity contribution in [3.8, 4) is 5.75 Å². The molecule has 1 atom stereocenters. The zero-order valence-electron chi connectivity index (χ0n) is 14.9. The van der Waals surface area contributed by atoms with Gasteiger partial charge in [0.05, 0.1) is 12.1 Å². The average Bonchev–Trinajstić information content (AvgIpc) is 2.48. The number of benzene rings is 1. The van der Waals surface area contributed by atoms with Crippen LogP contribution in [0.25, 0.3) is 0 Å². The van der Waals surface area contributed by atoms with Crippen molar-refractivity contribution in [2.24, 2.45) is 5.73 Å². The zero-order chi connectivity index (χ0) is 18.5. The maximum absolute atomic E-state index is 12.5. The molecule has 1 rings (SSSR count). The smallest absolute Gasteiger partial charge is 0.246 e. The van der Waals surface area contributed by atoms with Crippen LogP contribution < -0.4 is 15.8 Å². The second kappa shape index (κ2) is 7.96. The number of rotatable bonds is 8. The predicted molar refractivity (Wildman–Crippen MR) is 94.6 cm³/mol. The number of carbonyl (C=O) groups excluding carboxylic acids is 1. The van der Waals surface area contributed by atoms with Gasteiger partial charge in [-0.2, -0.15) is 0 Å². The average molecular weight is 357 g/mol. The number of nitrogens with one attached hydrogen (secondary N) is 1. The second-order valence-corrected chi connectivity index (χ2v) is 8.12. The van der Waals surface area contributed by atoms with Crippen LogP contribution in [0.5, 0.6) is 5.75 Å². The van der Waals surface area contributed by atoms with Gasteiger partial charge in [0.1, 0.15) is 10.6 Å². The first kappa shape index (κ1) is 20.4. The molecule has 0 spiro atoms. The molecular weight excluding hydrogens is 330 g/mol. The monoisotopic (exact) mass is 357 g/mol. The van der Waals surface area contributed by atoms with Crippen LogP contribution in [0.15, 0.2) is 23.1 Å². The van der Waals surface area contributed by atoms with E-state index < -0.39 is 15.6 Å². The van der Waals surface area contributed by atoms with Crippen molar-refractivity contribution in [1.82, 2.24) is 4.31 Å². The molecule has 0 aliphatic rings. The molecule has 8 heteroatoms. The van der Waals surface area contributed by atoms with Gasteiger partial charge in [0, 0.05) is 19.8 Å². The molecule has 0 bridgehead atoms. The Labute approximate surface area is 144 Å². The quantitative estimate of drug-likeness (QED) is 0.738. The van der Waals surface area contributed by atoms with Crippen molar-refractivity contribution in [1.29, 1.82) is 0 Å². The Morgan fingerprint density at radius 1 is 1.33 bits per heavy atom. The largest absolute Gasteiger partial charge is 0.492 e. The molecule has 3 N–H and O–H groups in total. The van der Waals surface area contributed by atoms with Crippen molar-refractivity contribution < 1.29 is 17.9 Å². The Kier molecular flexibility index (Phi) is 6.76. The highest BCUT2D eigenvalue weighted by Crippen LogP contribution is 2.29. The Bertz CT molecular complexity index is 685. The third-order valence-corrected chi connectivity index (χ3v) is 5.38. The molecule has 24 heavy (non-hydrogen) atoms. The summed E-state index contributed by atoms with van der Waals surface area (Å²) in [5, 5.41) is 2.69. The first-order chi connectivity index (χ1) is 11.1. The van der Waals surface area contributed by atoms with Crippen LogP contribution in [-0.2, 0) is 14.8 Å². The molecule has 1 amide bonds. The number of anilines is 1. The summed E-state index contributed by atoms with van der Waals surface area (Å²) in [6, 6.07) is 4.52. The molecule has 0 fully saturated rings. The number of hydrogen-bond acceptors (Lipinski definition) is 5. The zero-order valence-corrected chi connectivity index (χ0v) is 15.7. The molecule has 0 aliphatic heterocycles. The Hall–Kier alpha value is -1.64. The maximum Gasteiger partial charge on any atom is 0.246 e. The van der Waals surface area contributed by atoms with Crippen LogP contribution in [0.4, 0.5) is 5.69 Å². The minimum Gasteiger partial charge on any atom is -0.492 e. The first-order valence-corrected chi connectivity index (χ1v) is 9.30. The minimum absolute atomic E-state index is 0.00126. The Morgan fingerprint density at radius 3 is 2.46 bits per heavy atom. The molecule has 136 valence electrons. The molecule has 0 heterocycles. The topological polar surface area (TPSA) is 102 Å². The fourth-order valence-corrected chi connectivity index (χ4v) is 3.22. The highest BCUT2D eigenvalue weighted by molar-refractivity contribution is 7.89. The van der Waals surface area contributed by atoms with E-state index >= 15 is 0 Å². The summed E-state index contributed by atoms with van der Waals surface area (Å²) in [5.74, 6) is -0.116. The van der Waals surface area contributed by atoms with E-state index in [1.807, 2.05) is 6.92 Å². The number of nitrogens with zero attached hydrogens (tertiary/aromatic N) is 1. The summed E-state index contributed by atoms with van der Waals surface area (Å²) in [4.78, 5) is 12.3. The van der Waals surface area contributed by atoms with Crippen LogP contribution in [0, 0.1) is 0 Å². The lowest BCUT2D eigenvalue weighted by Gasteiger charge is -2.23. The van der Waals surface area contributed by atoms with E-state index in [1.165, 1.54) is 26.2 Å². The number of ether oxygens (including phenoxy) is 1. The van der Waals surface area contributed by atoms with Gasteiger partial charge in [-0.05, 0) is 38.5 Å². The van der Waals surface area contributed by atoms with Gasteiger partial charge in [0.15, 0.2) is 0 Å². The number of sulfonamides is 1. The van der Waals surface area contributed by atoms with Gasteiger partial charge in [-0.25, -0.2) is 12.7 Å². The Morgan fingerprint density at radius 2 is 1.96 bits per heavy atom. The summed E-state index contributed by atoms with van der Waals surface area (Å²) < 4.78 is 31.4. The number of hydrogen-bond donors (Lipinski definition) is 2. The van der Waals surface area contributed by atoms with Crippen molar-refractivity contribution in [3.05, 3.63) is 18.2 Å². The fourth-order valence-electron chi connectivity index (χ4n) is 2.17. The third kappa shape index (κ3) is 4.68. The van der Waals surface area contributed by atoms with E-state index in [0.717, 1.165) is 10.7 Å². The molecule has 0 saturated heterocycles. The maximum atomic E-state index is 12.5. The van der Waals surface area contributed by atoms with Gasteiger partial charge in [0.2, 0.25) is 15.9 Å². The van der Waals surface area contributed by atoms with Crippen LogP contribution >= 0.6 is 0 Å². The van der Waals surface area contributed by atoms with Gasteiger partial charge in [-0.3, -0.25) is 4.79 Å². The molecular formula is C16H27N3O4S. The summed E-state index contributed by atoms with van der Waals surface area (Å²) in [6.45, 7) is 5.69. The van der Waals surface area contributed by atoms with Crippen LogP contribution in [0.2, 0.25) is 0 Å². The van der Waals surface area contributed by atoms with E-state index in [1.54, 1.807) is 19.9 Å². The Balaban J connectivity index is 3.23. The minimum atomic E-state index is -3.71. The van der Waals surface area contributed by atoms with Gasteiger partial charge in [0.25, 0.3) is 0 Å². The lowest BCUT2D eigenvalue weighted by atomic mass is 9.96. The fraction of sp³-hybridized carbons (Fsp3) is 0.562. The van der Waals surface area contributed by atoms with Crippen molar-refractivity contribution in [3.63, 3.8) is 0 Å². The van der Waals surface area contributed by atoms with Crippen molar-refractivity contribution in [2.45, 2.75) is 44.0 Å². The highest BCUT2D eigenvalue weighted by Gasteiger charge is 2.28.